The molecule has 0 saturated carbocycles. The number of aliphatic hydroxyl groups is 1. The third kappa shape index (κ3) is 2.67. The van der Waals surface area contributed by atoms with Gasteiger partial charge in [-0.15, -0.1) is 23.1 Å². The van der Waals surface area contributed by atoms with Gasteiger partial charge >= 0.3 is 0 Å². The van der Waals surface area contributed by atoms with Crippen LogP contribution >= 0.6 is 23.1 Å². The maximum absolute atomic E-state index is 12.4. The molecule has 1 aliphatic rings. The first-order valence-electron chi connectivity index (χ1n) is 5.85. The monoisotopic (exact) mass is 271 g/mol. The van der Waals surface area contributed by atoms with Crippen molar-refractivity contribution in [2.45, 2.75) is 18.6 Å². The van der Waals surface area contributed by atoms with Gasteiger partial charge in [-0.2, -0.15) is 0 Å². The maximum Gasteiger partial charge on any atom is 0.240 e. The van der Waals surface area contributed by atoms with Crippen LogP contribution in [0.1, 0.15) is 22.6 Å². The topological polar surface area (TPSA) is 40.5 Å². The fourth-order valence-corrected chi connectivity index (χ4v) is 4.44. The van der Waals surface area contributed by atoms with Crippen molar-refractivity contribution < 1.29 is 9.90 Å². The lowest BCUT2D eigenvalue weighted by Gasteiger charge is -2.28. The second-order valence-electron chi connectivity index (χ2n) is 3.94. The summed E-state index contributed by atoms with van der Waals surface area (Å²) in [5.74, 6) is 1.16. The second kappa shape index (κ2) is 5.89. The molecule has 1 amide bonds. The van der Waals surface area contributed by atoms with Gasteiger partial charge in [-0.25, -0.2) is 0 Å². The number of thiophene rings is 1. The molecule has 1 aliphatic heterocycles. The fourth-order valence-electron chi connectivity index (χ4n) is 2.06. The highest BCUT2D eigenvalue weighted by Gasteiger charge is 2.30. The molecule has 1 atom stereocenters. The summed E-state index contributed by atoms with van der Waals surface area (Å²) in [5.41, 5.74) is 1.19. The lowest BCUT2D eigenvalue weighted by Crippen LogP contribution is -2.37. The molecule has 0 fully saturated rings. The molecule has 0 spiro atoms. The Morgan fingerprint density at radius 3 is 3.18 bits per heavy atom. The largest absolute Gasteiger partial charge is 0.395 e. The van der Waals surface area contributed by atoms with Crippen LogP contribution in [0, 0.1) is 0 Å². The van der Waals surface area contributed by atoms with Gasteiger partial charge in [0, 0.05) is 18.0 Å². The second-order valence-corrected chi connectivity index (χ2v) is 6.16. The summed E-state index contributed by atoms with van der Waals surface area (Å²) < 4.78 is 0. The van der Waals surface area contributed by atoms with Crippen LogP contribution in [0.15, 0.2) is 11.4 Å². The van der Waals surface area contributed by atoms with Crippen molar-refractivity contribution in [3.8, 4) is 0 Å². The van der Waals surface area contributed by atoms with Crippen LogP contribution in [0.3, 0.4) is 0 Å². The number of likely N-dealkylation sites (N-methyl/N-ethyl adjacent to an activating group) is 1. The highest BCUT2D eigenvalue weighted by Crippen LogP contribution is 2.40. The molecule has 5 heteroatoms. The molecule has 0 aliphatic carbocycles. The first-order chi connectivity index (χ1) is 8.27. The summed E-state index contributed by atoms with van der Waals surface area (Å²) in [5, 5.41) is 11.0. The lowest BCUT2D eigenvalue weighted by atomic mass is 10.1. The van der Waals surface area contributed by atoms with Crippen LogP contribution in [-0.2, 0) is 11.2 Å². The lowest BCUT2D eigenvalue weighted by molar-refractivity contribution is -0.131. The van der Waals surface area contributed by atoms with E-state index in [2.05, 4.69) is 11.4 Å². The van der Waals surface area contributed by atoms with Crippen molar-refractivity contribution in [1.29, 1.82) is 0 Å². The van der Waals surface area contributed by atoms with Gasteiger partial charge in [-0.3, -0.25) is 4.79 Å². The standard InChI is InChI=1S/C12H17NO2S2/c1-2-13(5-6-14)12(15)11-9-3-7-16-10(9)4-8-17-11/h3,7,11,14H,2,4-6,8H2,1H3. The van der Waals surface area contributed by atoms with Gasteiger partial charge in [0.15, 0.2) is 0 Å². The molecule has 0 aromatic carbocycles. The molecule has 0 saturated heterocycles. The Morgan fingerprint density at radius 2 is 2.47 bits per heavy atom. The van der Waals surface area contributed by atoms with Crippen molar-refractivity contribution in [3.05, 3.63) is 21.9 Å². The number of aryl methyl sites for hydroxylation is 1. The van der Waals surface area contributed by atoms with Gasteiger partial charge in [0.1, 0.15) is 5.25 Å². The molecule has 1 aromatic heterocycles. The van der Waals surface area contributed by atoms with Crippen molar-refractivity contribution >= 4 is 29.0 Å². The van der Waals surface area contributed by atoms with E-state index in [-0.39, 0.29) is 17.8 Å². The first-order valence-corrected chi connectivity index (χ1v) is 7.78. The molecule has 1 N–H and O–H groups in total. The van der Waals surface area contributed by atoms with E-state index in [9.17, 15) is 4.79 Å². The number of nitrogens with zero attached hydrogens (tertiary/aromatic N) is 1. The third-order valence-electron chi connectivity index (χ3n) is 2.96. The predicted octanol–water partition coefficient (Wildman–Crippen LogP) is 1.92. The zero-order chi connectivity index (χ0) is 12.3. The summed E-state index contributed by atoms with van der Waals surface area (Å²) in [4.78, 5) is 15.5. The fraction of sp³-hybridized carbons (Fsp3) is 0.583. The highest BCUT2D eigenvalue weighted by atomic mass is 32.2. The quantitative estimate of drug-likeness (QED) is 0.909. The van der Waals surface area contributed by atoms with Crippen LogP contribution in [-0.4, -0.2) is 41.4 Å². The zero-order valence-corrected chi connectivity index (χ0v) is 11.5. The highest BCUT2D eigenvalue weighted by molar-refractivity contribution is 8.00. The number of aliphatic hydroxyl groups excluding tert-OH is 1. The molecule has 94 valence electrons. The summed E-state index contributed by atoms with van der Waals surface area (Å²) in [7, 11) is 0. The van der Waals surface area contributed by atoms with E-state index in [1.54, 1.807) is 28.0 Å². The molecule has 0 radical (unpaired) electrons. The summed E-state index contributed by atoms with van der Waals surface area (Å²) in [6, 6.07) is 2.07. The van der Waals surface area contributed by atoms with Crippen LogP contribution in [0.25, 0.3) is 0 Å². The van der Waals surface area contributed by atoms with Crippen molar-refractivity contribution in [2.24, 2.45) is 0 Å². The van der Waals surface area contributed by atoms with E-state index in [0.29, 0.717) is 13.1 Å². The van der Waals surface area contributed by atoms with Gasteiger partial charge in [-0.05, 0) is 36.1 Å². The molecular weight excluding hydrogens is 254 g/mol. The van der Waals surface area contributed by atoms with Gasteiger partial charge in [0.2, 0.25) is 5.91 Å². The van der Waals surface area contributed by atoms with Crippen molar-refractivity contribution in [3.63, 3.8) is 0 Å². The van der Waals surface area contributed by atoms with E-state index >= 15 is 0 Å². The van der Waals surface area contributed by atoms with Crippen LogP contribution in [0.5, 0.6) is 0 Å². The summed E-state index contributed by atoms with van der Waals surface area (Å²) >= 11 is 3.47. The van der Waals surface area contributed by atoms with E-state index < -0.39 is 0 Å². The van der Waals surface area contributed by atoms with Crippen LogP contribution < -0.4 is 0 Å². The van der Waals surface area contributed by atoms with Gasteiger partial charge in [0.05, 0.1) is 6.61 Å². The number of carbonyl (C=O) groups excluding carboxylic acids is 1. The van der Waals surface area contributed by atoms with E-state index in [1.807, 2.05) is 6.92 Å². The minimum absolute atomic E-state index is 0.0352. The Morgan fingerprint density at radius 1 is 1.65 bits per heavy atom. The molecule has 2 heterocycles. The minimum Gasteiger partial charge on any atom is -0.395 e. The van der Waals surface area contributed by atoms with E-state index in [1.165, 1.54) is 10.4 Å². The average Bonchev–Trinajstić information content (AvgIpc) is 2.83. The number of carbonyl (C=O) groups is 1. The van der Waals surface area contributed by atoms with Crippen molar-refractivity contribution in [1.82, 2.24) is 4.90 Å². The SMILES string of the molecule is CCN(CCO)C(=O)C1SCCc2sccc21. The molecule has 3 nitrogen and oxygen atoms in total. The number of hydrogen-bond donors (Lipinski definition) is 1. The van der Waals surface area contributed by atoms with Crippen LogP contribution in [0.4, 0.5) is 0 Å². The van der Waals surface area contributed by atoms with Gasteiger partial charge in [-0.1, -0.05) is 0 Å². The van der Waals surface area contributed by atoms with Gasteiger partial charge < -0.3 is 10.0 Å². The molecule has 1 unspecified atom stereocenters. The minimum atomic E-state index is -0.0588. The molecule has 1 aromatic rings. The third-order valence-corrected chi connectivity index (χ3v) is 5.19. The van der Waals surface area contributed by atoms with Crippen molar-refractivity contribution in [2.75, 3.05) is 25.4 Å². The molecule has 0 bridgehead atoms. The Bertz CT molecular complexity index is 392. The molecular formula is C12H17NO2S2. The Hall–Kier alpha value is -0.520. The van der Waals surface area contributed by atoms with E-state index in [4.69, 9.17) is 5.11 Å². The summed E-state index contributed by atoms with van der Waals surface area (Å²) in [6.45, 7) is 3.09. The maximum atomic E-state index is 12.4. The Kier molecular flexibility index (Phi) is 4.48. The van der Waals surface area contributed by atoms with Crippen LogP contribution in [0.2, 0.25) is 0 Å². The average molecular weight is 271 g/mol. The Labute approximate surface area is 110 Å². The van der Waals surface area contributed by atoms with Gasteiger partial charge in [0.25, 0.3) is 0 Å². The predicted molar refractivity (Wildman–Crippen MR) is 72.6 cm³/mol. The van der Waals surface area contributed by atoms with E-state index in [0.717, 1.165) is 12.2 Å². The number of rotatable bonds is 4. The molecule has 2 rings (SSSR count). The number of fused-ring (bicyclic) bond motifs is 1. The smallest absolute Gasteiger partial charge is 0.240 e. The Balaban J connectivity index is 2.16. The molecule has 17 heavy (non-hydrogen) atoms. The number of hydrogen-bond acceptors (Lipinski definition) is 4. The first kappa shape index (κ1) is 12.9. The summed E-state index contributed by atoms with van der Waals surface area (Å²) in [6.07, 6.45) is 1.08. The number of amides is 1. The zero-order valence-electron chi connectivity index (χ0n) is 9.89. The number of thioether (sulfide) groups is 1. The normalized spacial score (nSPS) is 18.8.